The highest BCUT2D eigenvalue weighted by molar-refractivity contribution is 5.78. The van der Waals surface area contributed by atoms with E-state index in [1.54, 1.807) is 28.2 Å². The van der Waals surface area contributed by atoms with Crippen molar-refractivity contribution in [2.24, 2.45) is 43.8 Å². The second kappa shape index (κ2) is 49.9. The third-order valence-electron chi connectivity index (χ3n) is 16.0. The minimum atomic E-state index is -4.39. The fraction of sp³-hybridized carbons (Fsp3) is 0.894. The van der Waals surface area contributed by atoms with Crippen LogP contribution >= 0.6 is 0 Å². The number of hydroxylamine groups is 14. The van der Waals surface area contributed by atoms with Crippen LogP contribution in [0.3, 0.4) is 0 Å². The molecular formula is C66H132F7N7O14. The lowest BCUT2D eigenvalue weighted by molar-refractivity contribution is -0.220. The summed E-state index contributed by atoms with van der Waals surface area (Å²) in [5, 5.41) is 7.86. The van der Waals surface area contributed by atoms with Crippen molar-refractivity contribution in [3.05, 3.63) is 0 Å². The van der Waals surface area contributed by atoms with E-state index in [9.17, 15) is 64.3 Å². The lowest BCUT2D eigenvalue weighted by Crippen LogP contribution is -2.38. The van der Waals surface area contributed by atoms with E-state index in [1.165, 1.54) is 125 Å². The second-order valence-electron chi connectivity index (χ2n) is 28.0. The molecule has 0 spiro atoms. The maximum absolute atomic E-state index is 12.8. The Bertz CT molecular complexity index is 2050. The number of halogens is 7. The standard InChI is InChI=1S/C11H23NO2.C10H19F2NO2.2C10H21NO2.C9H19NO2.C8H14F3NO2.C8H15F2NO2/c1-6-7-8-11(2,3)9-10(13)12(4)14-5;1-5-6-10(2,9(11)12)7-8(14)13(3)15-4;1-8(2)10(3,4)7-9(12)11(5)13-6;1-6-7-10(2,3)8-9(12)11(4)13-5;1-6-9(2,3)7-8(11)10(4)12-5;1-7(2,8(9,10)11)5-6(13)12(3)14-4;1-8(2,7(9)10)5-6(12)11(3)13-4/h6-9H2,1-5H3;9H,5-7H2,1-4H3;8H,7H2,1-6H3;6-8H2,1-5H3;6-7H2,1-5H3;5H2,1-4H3;7H,5H2,1-4H3. The van der Waals surface area contributed by atoms with Gasteiger partial charge in [0.15, 0.2) is 0 Å². The predicted molar refractivity (Wildman–Crippen MR) is 354 cm³/mol. The first-order chi connectivity index (χ1) is 42.4. The Kier molecular flexibility index (Phi) is 54.7. The third kappa shape index (κ3) is 49.1. The van der Waals surface area contributed by atoms with Crippen molar-refractivity contribution in [2.45, 2.75) is 247 Å². The van der Waals surface area contributed by atoms with Crippen molar-refractivity contribution < 1.29 is 98.2 Å². The molecule has 1 unspecified atom stereocenters. The molecule has 0 aliphatic heterocycles. The molecule has 94 heavy (non-hydrogen) atoms. The van der Waals surface area contributed by atoms with Crippen LogP contribution < -0.4 is 0 Å². The van der Waals surface area contributed by atoms with E-state index in [4.69, 9.17) is 19.4 Å². The molecule has 0 aliphatic rings. The van der Waals surface area contributed by atoms with Crippen LogP contribution in [0.2, 0.25) is 0 Å². The molecule has 564 valence electrons. The number of hydrogen-bond donors (Lipinski definition) is 0. The number of amides is 7. The third-order valence-corrected chi connectivity index (χ3v) is 16.0. The van der Waals surface area contributed by atoms with Gasteiger partial charge in [-0.25, -0.2) is 53.0 Å². The fourth-order valence-corrected chi connectivity index (χ4v) is 7.08. The summed E-state index contributed by atoms with van der Waals surface area (Å²) in [6.07, 6.45) is -0.709. The van der Waals surface area contributed by atoms with Crippen molar-refractivity contribution in [1.29, 1.82) is 0 Å². The zero-order valence-corrected chi connectivity index (χ0v) is 64.3. The maximum atomic E-state index is 12.8. The highest BCUT2D eigenvalue weighted by Crippen LogP contribution is 2.41. The van der Waals surface area contributed by atoms with E-state index < -0.39 is 59.4 Å². The average Bonchev–Trinajstić information content (AvgIpc) is 0.855. The molecular weight excluding hydrogens is 1250 g/mol. The van der Waals surface area contributed by atoms with Crippen LogP contribution in [0.5, 0.6) is 0 Å². The molecule has 1 atom stereocenters. The molecule has 0 bridgehead atoms. The number of nitrogens with zero attached hydrogens (tertiary/aromatic N) is 7. The number of unbranched alkanes of at least 4 members (excludes halogenated alkanes) is 1. The minimum Gasteiger partial charge on any atom is -0.275 e. The summed E-state index contributed by atoms with van der Waals surface area (Å²) in [5.41, 5.74) is -4.31. The lowest BCUT2D eigenvalue weighted by Gasteiger charge is -2.29. The number of alkyl halides is 7. The van der Waals surface area contributed by atoms with Crippen molar-refractivity contribution >= 4 is 41.4 Å². The molecule has 0 heterocycles. The van der Waals surface area contributed by atoms with Crippen LogP contribution in [0.1, 0.15) is 228 Å². The van der Waals surface area contributed by atoms with Gasteiger partial charge in [0.1, 0.15) is 0 Å². The molecule has 0 aromatic rings. The van der Waals surface area contributed by atoms with Crippen LogP contribution in [-0.4, -0.2) is 195 Å². The van der Waals surface area contributed by atoms with Crippen molar-refractivity contribution in [2.75, 3.05) is 99.1 Å². The van der Waals surface area contributed by atoms with Crippen molar-refractivity contribution in [3.63, 3.8) is 0 Å². The molecule has 21 nitrogen and oxygen atoms in total. The minimum absolute atomic E-state index is 0.0289. The summed E-state index contributed by atoms with van der Waals surface area (Å²) < 4.78 is 87.3. The molecule has 0 N–H and O–H groups in total. The zero-order valence-electron chi connectivity index (χ0n) is 64.3. The SMILES string of the molecule is CCC(C)(C)CC(=O)N(C)OC.CCCC(C)(C)CC(=O)N(C)OC.CCCC(C)(CC(=O)N(C)OC)C(F)F.CCCCC(C)(C)CC(=O)N(C)OC.CON(C)C(=O)CC(C)(C)C(C)C.CON(C)C(=O)CC(C)(C)C(F)(F)F.CON(C)C(=O)CC(C)(C)C(F)F. The Hall–Kier alpha value is -4.48. The monoisotopic (exact) mass is 1380 g/mol. The maximum Gasteiger partial charge on any atom is 0.394 e. The molecule has 0 aliphatic carbocycles. The Morgan fingerprint density at radius 3 is 0.830 bits per heavy atom. The van der Waals surface area contributed by atoms with Crippen molar-refractivity contribution in [1.82, 2.24) is 35.4 Å². The van der Waals surface area contributed by atoms with Gasteiger partial charge in [0.2, 0.25) is 54.2 Å². The number of rotatable bonds is 32. The van der Waals surface area contributed by atoms with E-state index in [0.717, 1.165) is 54.7 Å². The molecule has 0 saturated heterocycles. The highest BCUT2D eigenvalue weighted by atomic mass is 19.4. The average molecular weight is 1380 g/mol. The smallest absolute Gasteiger partial charge is 0.275 e. The first-order valence-electron chi connectivity index (χ1n) is 31.7. The van der Waals surface area contributed by atoms with Gasteiger partial charge in [-0.3, -0.25) is 67.4 Å². The van der Waals surface area contributed by atoms with Gasteiger partial charge < -0.3 is 0 Å². The van der Waals surface area contributed by atoms with E-state index in [2.05, 4.69) is 105 Å². The lowest BCUT2D eigenvalue weighted by atomic mass is 9.78. The molecule has 0 saturated carbocycles. The Labute approximate surface area is 563 Å². The summed E-state index contributed by atoms with van der Waals surface area (Å²) in [6, 6.07) is 0. The summed E-state index contributed by atoms with van der Waals surface area (Å²) >= 11 is 0. The van der Waals surface area contributed by atoms with Gasteiger partial charge in [0.05, 0.1) is 55.2 Å². The van der Waals surface area contributed by atoms with Gasteiger partial charge >= 0.3 is 6.18 Å². The van der Waals surface area contributed by atoms with Crippen LogP contribution in [0, 0.1) is 43.8 Å². The Balaban J connectivity index is -0.000000188. The zero-order chi connectivity index (χ0) is 76.4. The Morgan fingerprint density at radius 2 is 0.596 bits per heavy atom. The number of carbonyl (C=O) groups excluding carboxylic acids is 7. The fourth-order valence-electron chi connectivity index (χ4n) is 7.08. The van der Waals surface area contributed by atoms with E-state index in [1.807, 2.05) is 6.92 Å². The first kappa shape index (κ1) is 103. The van der Waals surface area contributed by atoms with Gasteiger partial charge in [0, 0.05) is 105 Å². The van der Waals surface area contributed by atoms with Gasteiger partial charge in [-0.2, -0.15) is 13.2 Å². The second-order valence-corrected chi connectivity index (χ2v) is 28.0. The molecule has 0 aromatic carbocycles. The summed E-state index contributed by atoms with van der Waals surface area (Å²) in [7, 11) is 20.5. The molecule has 0 aromatic heterocycles. The molecule has 0 rings (SSSR count). The normalized spacial score (nSPS) is 12.4. The van der Waals surface area contributed by atoms with Crippen LogP contribution in [-0.2, 0) is 67.4 Å². The summed E-state index contributed by atoms with van der Waals surface area (Å²) in [6.45, 7) is 35.4. The summed E-state index contributed by atoms with van der Waals surface area (Å²) in [5.74, 6) is -0.932. The van der Waals surface area contributed by atoms with Crippen LogP contribution in [0.25, 0.3) is 0 Å². The summed E-state index contributed by atoms with van der Waals surface area (Å²) in [4.78, 5) is 113. The molecule has 7 amide bonds. The largest absolute Gasteiger partial charge is 0.394 e. The predicted octanol–water partition coefficient (Wildman–Crippen LogP) is 14.9. The molecule has 28 heteroatoms. The molecule has 0 radical (unpaired) electrons. The topological polar surface area (TPSA) is 207 Å². The van der Waals surface area contributed by atoms with E-state index in [0.29, 0.717) is 44.4 Å². The quantitative estimate of drug-likeness (QED) is 0.0454. The highest BCUT2D eigenvalue weighted by Gasteiger charge is 2.49. The molecule has 0 fully saturated rings. The van der Waals surface area contributed by atoms with E-state index in [-0.39, 0.29) is 58.1 Å². The first-order valence-corrected chi connectivity index (χ1v) is 31.7. The number of hydrogen-bond acceptors (Lipinski definition) is 14. The number of carbonyl (C=O) groups is 7. The van der Waals surface area contributed by atoms with Crippen LogP contribution in [0.15, 0.2) is 0 Å². The van der Waals surface area contributed by atoms with Crippen LogP contribution in [0.4, 0.5) is 30.7 Å². The Morgan fingerprint density at radius 1 is 0.340 bits per heavy atom. The van der Waals surface area contributed by atoms with Gasteiger partial charge in [-0.15, -0.1) is 0 Å². The van der Waals surface area contributed by atoms with Gasteiger partial charge in [0.25, 0.3) is 0 Å². The van der Waals surface area contributed by atoms with Gasteiger partial charge in [-0.05, 0) is 46.8 Å². The van der Waals surface area contributed by atoms with Crippen molar-refractivity contribution in [3.8, 4) is 0 Å². The van der Waals surface area contributed by atoms with E-state index >= 15 is 0 Å². The van der Waals surface area contributed by atoms with Gasteiger partial charge in [-0.1, -0.05) is 164 Å².